The molecule has 0 N–H and O–H groups in total. The van der Waals surface area contributed by atoms with Crippen molar-refractivity contribution in [3.63, 3.8) is 0 Å². The van der Waals surface area contributed by atoms with Gasteiger partial charge in [0.05, 0.1) is 0 Å². The van der Waals surface area contributed by atoms with Gasteiger partial charge in [0.2, 0.25) is 0 Å². The zero-order chi connectivity index (χ0) is 6.69. The van der Waals surface area contributed by atoms with Crippen LogP contribution >= 0.6 is 0 Å². The zero-order valence-corrected chi connectivity index (χ0v) is 7.71. The van der Waals surface area contributed by atoms with E-state index in [-0.39, 0.29) is 20.4 Å². The Morgan fingerprint density at radius 1 is 1.11 bits per heavy atom. The normalized spacial score (nSPS) is 9.11. The summed E-state index contributed by atoms with van der Waals surface area (Å²) in [6, 6.07) is 0. The molecule has 1 heterocycles. The topological polar surface area (TPSA) is 18.5 Å². The van der Waals surface area contributed by atoms with Gasteiger partial charge in [0.1, 0.15) is 0 Å². The van der Waals surface area contributed by atoms with Gasteiger partial charge in [0, 0.05) is 0 Å². The number of hydrogen-bond donors (Lipinski definition) is 0. The Labute approximate surface area is 64.0 Å². The maximum absolute atomic E-state index is 5.01. The summed E-state index contributed by atoms with van der Waals surface area (Å²) < 4.78 is 14.3. The first-order valence-electron chi connectivity index (χ1n) is 2.52. The van der Waals surface area contributed by atoms with E-state index in [1.165, 1.54) is 0 Å². The average molecular weight is 240 g/mol. The van der Waals surface area contributed by atoms with Crippen LogP contribution in [0.15, 0.2) is 8.16 Å². The third kappa shape index (κ3) is 1.41. The molecular weight excluding hydrogens is 232 g/mol. The van der Waals surface area contributed by atoms with Gasteiger partial charge in [-0.3, -0.25) is 0 Å². The summed E-state index contributed by atoms with van der Waals surface area (Å²) >= 11 is -0.0792. The fraction of sp³-hybridized carbons (Fsp3) is 0.333. The molecule has 0 aliphatic heterocycles. The van der Waals surface area contributed by atoms with Crippen molar-refractivity contribution in [3.05, 3.63) is 8.16 Å². The van der Waals surface area contributed by atoms with E-state index in [4.69, 9.17) is 9.47 Å². The van der Waals surface area contributed by atoms with Crippen LogP contribution in [0.3, 0.4) is 0 Å². The summed E-state index contributed by atoms with van der Waals surface area (Å²) in [5.74, 6) is 1.81. The van der Waals surface area contributed by atoms with Gasteiger partial charge in [-0.05, 0) is 0 Å². The van der Waals surface area contributed by atoms with Crippen molar-refractivity contribution >= 4 is 20.4 Å². The molecule has 0 aromatic carbocycles. The summed E-state index contributed by atoms with van der Waals surface area (Å²) in [7, 11) is 3.33. The van der Waals surface area contributed by atoms with E-state index in [2.05, 4.69) is 8.16 Å². The Hall–Kier alpha value is -0.130. The molecule has 1 rings (SSSR count). The molecule has 9 heavy (non-hydrogen) atoms. The van der Waals surface area contributed by atoms with Crippen LogP contribution in [0.2, 0.25) is 0 Å². The number of ether oxygens (including phenoxy) is 2. The fourth-order valence-corrected chi connectivity index (χ4v) is 2.68. The van der Waals surface area contributed by atoms with E-state index < -0.39 is 0 Å². The monoisotopic (exact) mass is 242 g/mol. The van der Waals surface area contributed by atoms with Crippen LogP contribution in [0, 0.1) is 0 Å². The summed E-state index contributed by atoms with van der Waals surface area (Å²) in [6.45, 7) is 0. The summed E-state index contributed by atoms with van der Waals surface area (Å²) in [6.07, 6.45) is 0. The van der Waals surface area contributed by atoms with Crippen LogP contribution in [0.25, 0.3) is 0 Å². The van der Waals surface area contributed by atoms with Crippen molar-refractivity contribution in [2.45, 2.75) is 0 Å². The Kier molecular flexibility index (Phi) is 2.44. The van der Waals surface area contributed by atoms with Crippen molar-refractivity contribution in [1.82, 2.24) is 0 Å². The van der Waals surface area contributed by atoms with E-state index >= 15 is 0 Å². The fourth-order valence-electron chi connectivity index (χ4n) is 0.571. The predicted octanol–water partition coefficient (Wildman–Crippen LogP) is 0.761. The minimum absolute atomic E-state index is 0.0792. The van der Waals surface area contributed by atoms with Gasteiger partial charge in [-0.15, -0.1) is 0 Å². The molecule has 1 aromatic heterocycles. The molecule has 0 unspecified atom stereocenters. The molecule has 50 valence electrons. The SMILES string of the molecule is COc1c[te]cc1OC. The van der Waals surface area contributed by atoms with Gasteiger partial charge < -0.3 is 0 Å². The zero-order valence-electron chi connectivity index (χ0n) is 5.38. The second-order valence-corrected chi connectivity index (χ2v) is 3.63. The second kappa shape index (κ2) is 3.14. The molecular formula is C6H8O2Te. The molecule has 2 nitrogen and oxygen atoms in total. The molecule has 0 saturated carbocycles. The van der Waals surface area contributed by atoms with Gasteiger partial charge in [-0.2, -0.15) is 0 Å². The van der Waals surface area contributed by atoms with Crippen molar-refractivity contribution in [1.29, 1.82) is 0 Å². The van der Waals surface area contributed by atoms with Gasteiger partial charge in [-0.1, -0.05) is 0 Å². The molecule has 1 aromatic rings. The van der Waals surface area contributed by atoms with Gasteiger partial charge in [0.25, 0.3) is 0 Å². The van der Waals surface area contributed by atoms with E-state index in [1.54, 1.807) is 14.2 Å². The average Bonchev–Trinajstić information content (AvgIpc) is 2.33. The van der Waals surface area contributed by atoms with Crippen molar-refractivity contribution in [2.75, 3.05) is 14.2 Å². The first-order chi connectivity index (χ1) is 4.38. The van der Waals surface area contributed by atoms with Crippen molar-refractivity contribution in [3.8, 4) is 11.5 Å². The first-order valence-corrected chi connectivity index (χ1v) is 5.21. The van der Waals surface area contributed by atoms with Crippen LogP contribution in [-0.4, -0.2) is 34.7 Å². The Balaban J connectivity index is 2.85. The van der Waals surface area contributed by atoms with Crippen LogP contribution in [-0.2, 0) is 0 Å². The molecule has 0 radical (unpaired) electrons. The maximum atomic E-state index is 5.01. The molecule has 0 spiro atoms. The third-order valence-corrected chi connectivity index (χ3v) is 3.03. The predicted molar refractivity (Wildman–Crippen MR) is 36.5 cm³/mol. The first kappa shape index (κ1) is 6.98. The van der Waals surface area contributed by atoms with E-state index in [0.717, 1.165) is 11.5 Å². The summed E-state index contributed by atoms with van der Waals surface area (Å²) in [5, 5.41) is 0. The van der Waals surface area contributed by atoms with Gasteiger partial charge >= 0.3 is 63.8 Å². The number of rotatable bonds is 2. The van der Waals surface area contributed by atoms with Gasteiger partial charge in [-0.25, -0.2) is 0 Å². The second-order valence-electron chi connectivity index (χ2n) is 1.51. The number of hydrogen-bond acceptors (Lipinski definition) is 2. The Bertz CT molecular complexity index is 164. The third-order valence-electron chi connectivity index (χ3n) is 1.03. The standard InChI is InChI=1S/C6H8O2Te/c1-7-5-3-9-4-6(5)8-2/h3-4H,1-2H3. The van der Waals surface area contributed by atoms with Crippen LogP contribution < -0.4 is 9.47 Å². The Morgan fingerprint density at radius 2 is 1.56 bits per heavy atom. The van der Waals surface area contributed by atoms with Crippen LogP contribution in [0.1, 0.15) is 0 Å². The van der Waals surface area contributed by atoms with Crippen LogP contribution in [0.4, 0.5) is 0 Å². The Morgan fingerprint density at radius 3 is 1.89 bits per heavy atom. The number of methoxy groups -OCH3 is 2. The molecule has 0 amide bonds. The van der Waals surface area contributed by atoms with Crippen molar-refractivity contribution < 1.29 is 9.47 Å². The summed E-state index contributed by atoms with van der Waals surface area (Å²) in [4.78, 5) is 0. The minimum atomic E-state index is -0.0792. The molecule has 3 heteroatoms. The quantitative estimate of drug-likeness (QED) is 0.710. The van der Waals surface area contributed by atoms with E-state index in [1.807, 2.05) is 0 Å². The van der Waals surface area contributed by atoms with E-state index in [0.29, 0.717) is 0 Å². The van der Waals surface area contributed by atoms with Gasteiger partial charge in [0.15, 0.2) is 0 Å². The molecule has 0 aliphatic rings. The van der Waals surface area contributed by atoms with Crippen LogP contribution in [0.5, 0.6) is 11.5 Å². The molecule has 0 aliphatic carbocycles. The molecule has 0 bridgehead atoms. The van der Waals surface area contributed by atoms with Crippen molar-refractivity contribution in [2.24, 2.45) is 0 Å². The van der Waals surface area contributed by atoms with E-state index in [9.17, 15) is 0 Å². The molecule has 0 fully saturated rings. The molecule has 0 saturated heterocycles. The molecule has 0 atom stereocenters. The summed E-state index contributed by atoms with van der Waals surface area (Å²) in [5.41, 5.74) is 0.